The first kappa shape index (κ1) is 28.2. The van der Waals surface area contributed by atoms with E-state index in [1.807, 2.05) is 97.1 Å². The Hall–Kier alpha value is -2.84. The molecule has 1 fully saturated rings. The molecule has 0 spiro atoms. The molecule has 38 heavy (non-hydrogen) atoms. The molecule has 3 aromatic rings. The van der Waals surface area contributed by atoms with Crippen molar-refractivity contribution in [2.24, 2.45) is 0 Å². The molecule has 1 saturated heterocycles. The van der Waals surface area contributed by atoms with E-state index < -0.39 is 30.7 Å². The normalized spacial score (nSPS) is 23.2. The van der Waals surface area contributed by atoms with Crippen LogP contribution in [0.1, 0.15) is 29.5 Å². The zero-order valence-electron chi connectivity index (χ0n) is 21.8. The Kier molecular flexibility index (Phi) is 11.5. The molecule has 4 rings (SSSR count). The molecule has 0 saturated carbocycles. The summed E-state index contributed by atoms with van der Waals surface area (Å²) in [6.07, 6.45) is -0.189. The molecule has 0 bridgehead atoms. The van der Waals surface area contributed by atoms with Crippen molar-refractivity contribution in [2.75, 3.05) is 13.2 Å². The number of aliphatic hydroxyl groups is 1. The molecule has 2 unspecified atom stereocenters. The molecular formula is C32H38O6. The summed E-state index contributed by atoms with van der Waals surface area (Å²) in [6, 6.07) is 29.8. The fraction of sp³-hybridized carbons (Fsp3) is 0.375. The van der Waals surface area contributed by atoms with Crippen LogP contribution in [0.4, 0.5) is 0 Å². The highest BCUT2D eigenvalue weighted by Gasteiger charge is 2.47. The molecule has 3 aromatic carbocycles. The molecule has 1 heterocycles. The fourth-order valence-electron chi connectivity index (χ4n) is 4.39. The van der Waals surface area contributed by atoms with Gasteiger partial charge in [-0.2, -0.15) is 0 Å². The maximum Gasteiger partial charge on any atom is 0.186 e. The highest BCUT2D eigenvalue weighted by Crippen LogP contribution is 2.29. The molecule has 6 nitrogen and oxygen atoms in total. The van der Waals surface area contributed by atoms with Crippen LogP contribution in [0, 0.1) is 0 Å². The van der Waals surface area contributed by atoms with Gasteiger partial charge in [-0.15, -0.1) is 6.58 Å². The predicted molar refractivity (Wildman–Crippen MR) is 146 cm³/mol. The molecule has 1 N–H and O–H groups in total. The van der Waals surface area contributed by atoms with Crippen molar-refractivity contribution >= 4 is 0 Å². The highest BCUT2D eigenvalue weighted by molar-refractivity contribution is 5.15. The Labute approximate surface area is 225 Å². The van der Waals surface area contributed by atoms with Crippen molar-refractivity contribution in [2.45, 2.75) is 63.4 Å². The summed E-state index contributed by atoms with van der Waals surface area (Å²) in [7, 11) is 0. The van der Waals surface area contributed by atoms with Gasteiger partial charge in [0.2, 0.25) is 0 Å². The number of benzene rings is 3. The maximum absolute atomic E-state index is 11.3. The van der Waals surface area contributed by atoms with Gasteiger partial charge in [-0.25, -0.2) is 0 Å². The zero-order valence-corrected chi connectivity index (χ0v) is 21.8. The van der Waals surface area contributed by atoms with Gasteiger partial charge in [0, 0.05) is 0 Å². The fourth-order valence-corrected chi connectivity index (χ4v) is 4.39. The number of rotatable bonds is 15. The number of unbranched alkanes of at least 4 members (excludes halogenated alkanes) is 1. The predicted octanol–water partition coefficient (Wildman–Crippen LogP) is 5.44. The van der Waals surface area contributed by atoms with Crippen LogP contribution in [0.5, 0.6) is 0 Å². The highest BCUT2D eigenvalue weighted by atomic mass is 16.7. The number of allylic oxidation sites excluding steroid dienone is 1. The van der Waals surface area contributed by atoms with Crippen LogP contribution >= 0.6 is 0 Å². The molecule has 0 aromatic heterocycles. The van der Waals surface area contributed by atoms with Crippen LogP contribution in [0.3, 0.4) is 0 Å². The quantitative estimate of drug-likeness (QED) is 0.213. The number of ether oxygens (including phenoxy) is 5. The topological polar surface area (TPSA) is 66.4 Å². The van der Waals surface area contributed by atoms with E-state index in [1.165, 1.54) is 0 Å². The van der Waals surface area contributed by atoms with Crippen molar-refractivity contribution < 1.29 is 28.8 Å². The summed E-state index contributed by atoms with van der Waals surface area (Å²) in [5.41, 5.74) is 3.10. The second-order valence-electron chi connectivity index (χ2n) is 9.36. The van der Waals surface area contributed by atoms with Crippen LogP contribution in [-0.2, 0) is 43.5 Å². The summed E-state index contributed by atoms with van der Waals surface area (Å²) in [5.74, 6) is 0. The molecule has 0 amide bonds. The largest absolute Gasteiger partial charge is 0.385 e. The van der Waals surface area contributed by atoms with Crippen molar-refractivity contribution in [3.05, 3.63) is 120 Å². The first-order valence-corrected chi connectivity index (χ1v) is 13.2. The lowest BCUT2D eigenvalue weighted by Crippen LogP contribution is -2.61. The van der Waals surface area contributed by atoms with Crippen LogP contribution in [0.25, 0.3) is 0 Å². The SMILES string of the molecule is C=CCCCO[C@@H]1OC(COCc2ccccc2)[C@H](OCc2ccccc2)[C@@H](OCc2ccccc2)C1O. The smallest absolute Gasteiger partial charge is 0.186 e. The Bertz CT molecular complexity index is 1050. The number of hydrogen-bond donors (Lipinski definition) is 1. The lowest BCUT2D eigenvalue weighted by Gasteiger charge is -2.44. The molecule has 5 atom stereocenters. The van der Waals surface area contributed by atoms with Crippen molar-refractivity contribution in [1.82, 2.24) is 0 Å². The Morgan fingerprint density at radius 3 is 1.79 bits per heavy atom. The monoisotopic (exact) mass is 518 g/mol. The average molecular weight is 519 g/mol. The summed E-state index contributed by atoms with van der Waals surface area (Å²) in [5, 5.41) is 11.3. The van der Waals surface area contributed by atoms with E-state index in [9.17, 15) is 5.11 Å². The van der Waals surface area contributed by atoms with Gasteiger partial charge in [-0.05, 0) is 29.5 Å². The maximum atomic E-state index is 11.3. The minimum atomic E-state index is -1.03. The van der Waals surface area contributed by atoms with Crippen molar-refractivity contribution in [3.63, 3.8) is 0 Å². The Morgan fingerprint density at radius 2 is 1.24 bits per heavy atom. The van der Waals surface area contributed by atoms with Crippen LogP contribution < -0.4 is 0 Å². The minimum Gasteiger partial charge on any atom is -0.385 e. The Morgan fingerprint density at radius 1 is 0.711 bits per heavy atom. The Balaban J connectivity index is 1.50. The summed E-state index contributed by atoms with van der Waals surface area (Å²) >= 11 is 0. The van der Waals surface area contributed by atoms with E-state index in [0.717, 1.165) is 29.5 Å². The van der Waals surface area contributed by atoms with Gasteiger partial charge in [-0.3, -0.25) is 0 Å². The molecule has 0 radical (unpaired) electrons. The van der Waals surface area contributed by atoms with Crippen LogP contribution in [0.2, 0.25) is 0 Å². The van der Waals surface area contributed by atoms with E-state index in [0.29, 0.717) is 26.4 Å². The summed E-state index contributed by atoms with van der Waals surface area (Å²) in [4.78, 5) is 0. The summed E-state index contributed by atoms with van der Waals surface area (Å²) < 4.78 is 31.0. The summed E-state index contributed by atoms with van der Waals surface area (Å²) in [6.45, 7) is 5.58. The van der Waals surface area contributed by atoms with Crippen molar-refractivity contribution in [3.8, 4) is 0 Å². The first-order chi connectivity index (χ1) is 18.7. The molecule has 0 aliphatic carbocycles. The molecule has 6 heteroatoms. The third-order valence-electron chi connectivity index (χ3n) is 6.41. The van der Waals surface area contributed by atoms with Gasteiger partial charge in [0.05, 0.1) is 33.0 Å². The van der Waals surface area contributed by atoms with Gasteiger partial charge in [0.25, 0.3) is 0 Å². The van der Waals surface area contributed by atoms with Gasteiger partial charge in [-0.1, -0.05) is 97.1 Å². The van der Waals surface area contributed by atoms with E-state index in [1.54, 1.807) is 0 Å². The van der Waals surface area contributed by atoms with E-state index >= 15 is 0 Å². The van der Waals surface area contributed by atoms with Crippen LogP contribution in [-0.4, -0.2) is 49.0 Å². The van der Waals surface area contributed by atoms with E-state index in [2.05, 4.69) is 6.58 Å². The lowest BCUT2D eigenvalue weighted by atomic mass is 9.98. The van der Waals surface area contributed by atoms with Gasteiger partial charge < -0.3 is 28.8 Å². The minimum absolute atomic E-state index is 0.263. The standard InChI is InChI=1S/C32H38O6/c1-2-3-13-20-35-32-29(33)31(37-23-27-18-11-6-12-19-27)30(36-22-26-16-9-5-10-17-26)28(38-32)24-34-21-25-14-7-4-8-15-25/h2,4-12,14-19,28-33H,1,3,13,20-24H2/t28?,29?,30-,31-,32+/m0/s1. The number of hydrogen-bond acceptors (Lipinski definition) is 6. The number of aliphatic hydroxyl groups excluding tert-OH is 1. The molecule has 202 valence electrons. The average Bonchev–Trinajstić information content (AvgIpc) is 2.96. The van der Waals surface area contributed by atoms with Crippen LogP contribution in [0.15, 0.2) is 104 Å². The zero-order chi connectivity index (χ0) is 26.4. The van der Waals surface area contributed by atoms with E-state index in [-0.39, 0.29) is 6.61 Å². The molecular weight excluding hydrogens is 480 g/mol. The second-order valence-corrected chi connectivity index (χ2v) is 9.36. The molecule has 1 aliphatic rings. The first-order valence-electron chi connectivity index (χ1n) is 13.2. The second kappa shape index (κ2) is 15.5. The van der Waals surface area contributed by atoms with Gasteiger partial charge >= 0.3 is 0 Å². The van der Waals surface area contributed by atoms with Gasteiger partial charge in [0.15, 0.2) is 6.29 Å². The lowest BCUT2D eigenvalue weighted by molar-refractivity contribution is -0.319. The van der Waals surface area contributed by atoms with Gasteiger partial charge in [0.1, 0.15) is 24.4 Å². The van der Waals surface area contributed by atoms with Crippen molar-refractivity contribution in [1.29, 1.82) is 0 Å². The third-order valence-corrected chi connectivity index (χ3v) is 6.41. The third kappa shape index (κ3) is 8.60. The molecule has 1 aliphatic heterocycles. The van der Waals surface area contributed by atoms with E-state index in [4.69, 9.17) is 23.7 Å².